The lowest BCUT2D eigenvalue weighted by molar-refractivity contribution is 0.0940. The molecule has 3 atom stereocenters. The fraction of sp³-hybridized carbons (Fsp3) is 0.194. The molecule has 0 saturated heterocycles. The van der Waals surface area contributed by atoms with Crippen LogP contribution in [0.25, 0.3) is 0 Å². The average molecular weight is 545 g/mol. The maximum atomic E-state index is 14.4. The van der Waals surface area contributed by atoms with Crippen molar-refractivity contribution in [2.24, 2.45) is 5.73 Å². The number of rotatable bonds is 6. The van der Waals surface area contributed by atoms with E-state index in [0.717, 1.165) is 16.7 Å². The Bertz CT molecular complexity index is 1570. The van der Waals surface area contributed by atoms with E-state index in [0.29, 0.717) is 11.1 Å². The van der Waals surface area contributed by atoms with Gasteiger partial charge in [-0.05, 0) is 46.4 Å². The summed E-state index contributed by atoms with van der Waals surface area (Å²) in [5.41, 5.74) is 10.6. The van der Waals surface area contributed by atoms with Crippen LogP contribution in [0.4, 0.5) is 0 Å². The highest BCUT2D eigenvalue weighted by Gasteiger charge is 2.49. The third-order valence-corrected chi connectivity index (χ3v) is 10.1. The molecular weight excluding hydrogens is 516 g/mol. The first-order valence-corrected chi connectivity index (χ1v) is 14.4. The van der Waals surface area contributed by atoms with Gasteiger partial charge in [0.15, 0.2) is 0 Å². The maximum absolute atomic E-state index is 14.4. The van der Waals surface area contributed by atoms with Gasteiger partial charge in [0.1, 0.15) is 0 Å². The number of nitrogens with two attached hydrogens (primary N) is 1. The lowest BCUT2D eigenvalue weighted by atomic mass is 9.81. The lowest BCUT2D eigenvalue weighted by Crippen LogP contribution is -2.49. The summed E-state index contributed by atoms with van der Waals surface area (Å²) in [6, 6.07) is 30.1. The van der Waals surface area contributed by atoms with Crippen LogP contribution in [0, 0.1) is 0 Å². The molecule has 6 rings (SSSR count). The number of carbonyl (C=O) groups excluding carboxylic acids is 1. The van der Waals surface area contributed by atoms with Crippen molar-refractivity contribution in [3.05, 3.63) is 137 Å². The number of alkyl halides is 1. The quantitative estimate of drug-likeness (QED) is 0.223. The van der Waals surface area contributed by atoms with E-state index in [1.807, 2.05) is 86.6 Å². The van der Waals surface area contributed by atoms with E-state index in [9.17, 15) is 13.2 Å². The molecule has 0 aromatic heterocycles. The molecule has 0 aliphatic carbocycles. The van der Waals surface area contributed by atoms with Crippen molar-refractivity contribution in [1.29, 1.82) is 0 Å². The third-order valence-electron chi connectivity index (χ3n) is 7.19. The summed E-state index contributed by atoms with van der Waals surface area (Å²) in [6.45, 7) is 4.10. The number of carbonyl (C=O) groups is 1. The molecule has 1 unspecified atom stereocenters. The molecule has 0 spiro atoms. The molecule has 38 heavy (non-hydrogen) atoms. The van der Waals surface area contributed by atoms with E-state index in [2.05, 4.69) is 5.32 Å². The highest BCUT2D eigenvalue weighted by Crippen LogP contribution is 2.45. The first kappa shape index (κ1) is 26.2. The smallest absolute Gasteiger partial charge is 0.253 e. The normalized spacial score (nSPS) is 19.9. The summed E-state index contributed by atoms with van der Waals surface area (Å²) < 4.78 is 26.6. The van der Waals surface area contributed by atoms with Crippen molar-refractivity contribution in [1.82, 2.24) is 5.32 Å². The van der Waals surface area contributed by atoms with Crippen molar-refractivity contribution in [3.63, 3.8) is 0 Å². The summed E-state index contributed by atoms with van der Waals surface area (Å²) in [7, 11) is -4.35. The number of benzene rings is 4. The van der Waals surface area contributed by atoms with Gasteiger partial charge in [0.25, 0.3) is 5.91 Å². The second kappa shape index (κ2) is 10.0. The monoisotopic (exact) mass is 544 g/mol. The zero-order valence-electron chi connectivity index (χ0n) is 21.1. The molecule has 0 radical (unpaired) electrons. The molecule has 4 aromatic carbocycles. The molecule has 3 N–H and O–H groups in total. The van der Waals surface area contributed by atoms with Gasteiger partial charge >= 0.3 is 0 Å². The summed E-state index contributed by atoms with van der Waals surface area (Å²) in [6.07, 6.45) is 0. The van der Waals surface area contributed by atoms with Crippen molar-refractivity contribution in [2.75, 3.05) is 0 Å². The van der Waals surface area contributed by atoms with Gasteiger partial charge in [-0.3, -0.25) is 4.79 Å². The first-order valence-electron chi connectivity index (χ1n) is 12.5. The molecule has 1 amide bonds. The van der Waals surface area contributed by atoms with Crippen LogP contribution in [0.3, 0.4) is 0 Å². The molecule has 2 aliphatic heterocycles. The third kappa shape index (κ3) is 4.43. The second-order valence-electron chi connectivity index (χ2n) is 9.91. The zero-order valence-corrected chi connectivity index (χ0v) is 22.7. The second-order valence-corrected chi connectivity index (χ2v) is 12.8. The number of fused-ring (bicyclic) bond motifs is 5. The Kier molecular flexibility index (Phi) is 6.90. The van der Waals surface area contributed by atoms with Gasteiger partial charge in [-0.2, -0.15) is 0 Å². The molecule has 0 saturated carbocycles. The molecule has 2 bridgehead atoms. The fourth-order valence-corrected chi connectivity index (χ4v) is 7.21. The largest absolute Gasteiger partial charge is 0.323 e. The van der Waals surface area contributed by atoms with E-state index >= 15 is 0 Å². The van der Waals surface area contributed by atoms with Crippen molar-refractivity contribution in [2.45, 2.75) is 41.0 Å². The number of nitrogens with one attached hydrogen (secondary N) is 1. The van der Waals surface area contributed by atoms with Crippen LogP contribution < -0.4 is 11.1 Å². The Morgan fingerprint density at radius 1 is 0.789 bits per heavy atom. The summed E-state index contributed by atoms with van der Waals surface area (Å²) in [4.78, 5) is 13.4. The molecule has 4 aromatic rings. The highest BCUT2D eigenvalue weighted by atomic mass is 35.5. The molecule has 2 heterocycles. The van der Waals surface area contributed by atoms with E-state index in [-0.39, 0.29) is 16.4 Å². The van der Waals surface area contributed by atoms with E-state index in [1.54, 1.807) is 18.2 Å². The van der Waals surface area contributed by atoms with Crippen LogP contribution >= 0.6 is 11.6 Å². The minimum absolute atomic E-state index is 0.0319. The molecule has 5 nitrogen and oxygen atoms in total. The number of hydrogen-bond acceptors (Lipinski definition) is 4. The van der Waals surface area contributed by atoms with Gasteiger partial charge in [-0.1, -0.05) is 110 Å². The van der Waals surface area contributed by atoms with Gasteiger partial charge in [0, 0.05) is 23.1 Å². The van der Waals surface area contributed by atoms with Crippen LogP contribution in [0.1, 0.15) is 69.9 Å². The number of halogens is 1. The van der Waals surface area contributed by atoms with Crippen LogP contribution in [0.5, 0.6) is 0 Å². The zero-order chi connectivity index (χ0) is 27.1. The summed E-state index contributed by atoms with van der Waals surface area (Å²) in [5, 5.41) is 2.60. The highest BCUT2D eigenvalue weighted by molar-refractivity contribution is 7.93. The average Bonchev–Trinajstić information content (AvgIpc) is 2.93. The molecule has 7 heteroatoms. The fourth-order valence-electron chi connectivity index (χ4n) is 5.03. The summed E-state index contributed by atoms with van der Waals surface area (Å²) in [5.74, 6) is -0.883. The maximum Gasteiger partial charge on any atom is 0.253 e. The number of sulfone groups is 1. The lowest BCUT2D eigenvalue weighted by Gasteiger charge is -2.34. The molecular formula is C31H29ClN2O3S. The topological polar surface area (TPSA) is 89.3 Å². The minimum atomic E-state index is -4.35. The van der Waals surface area contributed by atoms with Crippen molar-refractivity contribution in [3.8, 4) is 0 Å². The first-order chi connectivity index (χ1) is 18.1. The van der Waals surface area contributed by atoms with Crippen LogP contribution in [0.2, 0.25) is 0 Å². The Hall–Kier alpha value is -3.45. The van der Waals surface area contributed by atoms with Crippen LogP contribution in [-0.4, -0.2) is 14.3 Å². The molecule has 0 fully saturated rings. The summed E-state index contributed by atoms with van der Waals surface area (Å²) >= 11 is 6.96. The number of hydrogen-bond donors (Lipinski definition) is 2. The Labute approximate surface area is 228 Å². The van der Waals surface area contributed by atoms with Gasteiger partial charge in [-0.25, -0.2) is 8.42 Å². The molecule has 194 valence electrons. The number of amides is 1. The van der Waals surface area contributed by atoms with Crippen molar-refractivity contribution >= 4 is 27.3 Å². The Morgan fingerprint density at radius 3 is 1.95 bits per heavy atom. The van der Waals surface area contributed by atoms with Crippen molar-refractivity contribution < 1.29 is 13.2 Å². The van der Waals surface area contributed by atoms with Gasteiger partial charge in [0.2, 0.25) is 14.2 Å². The van der Waals surface area contributed by atoms with Gasteiger partial charge < -0.3 is 11.1 Å². The Balaban J connectivity index is 1.74. The Morgan fingerprint density at radius 2 is 1.37 bits per heavy atom. The van der Waals surface area contributed by atoms with E-state index in [4.69, 9.17) is 17.3 Å². The minimum Gasteiger partial charge on any atom is -0.323 e. The molecule has 2 aliphatic rings. The van der Waals surface area contributed by atoms with E-state index < -0.39 is 32.0 Å². The van der Waals surface area contributed by atoms with E-state index in [1.165, 1.54) is 12.1 Å². The predicted octanol–water partition coefficient (Wildman–Crippen LogP) is 6.21. The SMILES string of the molecule is CC(C)c1ccc(C2(Cl)NC(=O)c3ccc(c([C@H](c4ccccc4)[C@H](N)c4ccccc4)c3)S2(=O)=O)cc1. The van der Waals surface area contributed by atoms with Gasteiger partial charge in [-0.15, -0.1) is 0 Å². The van der Waals surface area contributed by atoms with Crippen LogP contribution in [-0.2, 0) is 14.2 Å². The standard InChI is InChI=1S/C31H29ClN2O3S/c1-20(2)21-13-16-25(17-14-21)31(32)34-30(35)24-15-18-27(38(31,36)37)26(19-24)28(22-9-5-3-6-10-22)29(33)23-11-7-4-8-12-23/h3-20,28-29H,33H2,1-2H3,(H,34,35)/t28-,29+,31?/m0/s1. The predicted molar refractivity (Wildman–Crippen MR) is 151 cm³/mol. The van der Waals surface area contributed by atoms with Crippen LogP contribution in [0.15, 0.2) is 108 Å². The van der Waals surface area contributed by atoms with Gasteiger partial charge in [0.05, 0.1) is 4.90 Å².